The van der Waals surface area contributed by atoms with Crippen LogP contribution >= 0.6 is 11.6 Å². The number of methoxy groups -OCH3 is 1. The first kappa shape index (κ1) is 18.3. The summed E-state index contributed by atoms with van der Waals surface area (Å²) in [6.45, 7) is 0.348. The molecule has 1 aliphatic carbocycles. The van der Waals surface area contributed by atoms with Crippen LogP contribution in [0.15, 0.2) is 40.3 Å². The third kappa shape index (κ3) is 3.85. The van der Waals surface area contributed by atoms with E-state index in [0.717, 1.165) is 24.0 Å². The van der Waals surface area contributed by atoms with Gasteiger partial charge in [-0.05, 0) is 54.5 Å². The van der Waals surface area contributed by atoms with Gasteiger partial charge in [-0.25, -0.2) is 4.79 Å². The molecule has 1 aromatic heterocycles. The van der Waals surface area contributed by atoms with E-state index in [4.69, 9.17) is 11.6 Å². The number of halogens is 1. The fourth-order valence-electron chi connectivity index (χ4n) is 3.08. The SMILES string of the molecule is COC(=O)c1ccc(CCn2c(CN=O)c(C3CC3)cc(Cl)c2=O)cc1. The summed E-state index contributed by atoms with van der Waals surface area (Å²) in [7, 11) is 1.34. The molecule has 2 aromatic rings. The Bertz CT molecular complexity index is 886. The van der Waals surface area contributed by atoms with Crippen molar-refractivity contribution in [3.05, 3.63) is 73.0 Å². The van der Waals surface area contributed by atoms with E-state index in [1.165, 1.54) is 7.11 Å². The van der Waals surface area contributed by atoms with Crippen molar-refractivity contribution in [2.24, 2.45) is 5.18 Å². The molecule has 1 heterocycles. The van der Waals surface area contributed by atoms with E-state index in [1.54, 1.807) is 22.8 Å². The van der Waals surface area contributed by atoms with Crippen LogP contribution in [-0.2, 0) is 24.2 Å². The maximum absolute atomic E-state index is 12.5. The molecule has 136 valence electrons. The van der Waals surface area contributed by atoms with Crippen LogP contribution in [0, 0.1) is 4.91 Å². The lowest BCUT2D eigenvalue weighted by Gasteiger charge is -2.16. The Kier molecular flexibility index (Phi) is 5.52. The number of carbonyl (C=O) groups is 1. The molecule has 0 bridgehead atoms. The molecular formula is C19H19ClN2O4. The lowest BCUT2D eigenvalue weighted by atomic mass is 10.1. The Morgan fingerprint density at radius 2 is 2.00 bits per heavy atom. The second-order valence-corrected chi connectivity index (χ2v) is 6.76. The molecule has 1 aliphatic rings. The largest absolute Gasteiger partial charge is 0.465 e. The van der Waals surface area contributed by atoms with Gasteiger partial charge in [0.2, 0.25) is 0 Å². The molecule has 6 nitrogen and oxygen atoms in total. The van der Waals surface area contributed by atoms with Crippen molar-refractivity contribution < 1.29 is 9.53 Å². The molecule has 26 heavy (non-hydrogen) atoms. The normalized spacial score (nSPS) is 13.5. The molecule has 0 N–H and O–H groups in total. The summed E-state index contributed by atoms with van der Waals surface area (Å²) in [6, 6.07) is 8.70. The van der Waals surface area contributed by atoms with Crippen LogP contribution in [-0.4, -0.2) is 17.6 Å². The van der Waals surface area contributed by atoms with Gasteiger partial charge in [-0.3, -0.25) is 4.79 Å². The average molecular weight is 375 g/mol. The van der Waals surface area contributed by atoms with E-state index in [2.05, 4.69) is 9.91 Å². The number of carbonyl (C=O) groups excluding carboxylic acids is 1. The predicted molar refractivity (Wildman–Crippen MR) is 98.7 cm³/mol. The number of pyridine rings is 1. The van der Waals surface area contributed by atoms with E-state index < -0.39 is 5.97 Å². The van der Waals surface area contributed by atoms with Crippen molar-refractivity contribution in [3.8, 4) is 0 Å². The number of esters is 1. The molecule has 0 atom stereocenters. The molecular weight excluding hydrogens is 356 g/mol. The van der Waals surface area contributed by atoms with Gasteiger partial charge >= 0.3 is 5.97 Å². The highest BCUT2D eigenvalue weighted by Crippen LogP contribution is 2.42. The first-order valence-corrected chi connectivity index (χ1v) is 8.81. The van der Waals surface area contributed by atoms with Gasteiger partial charge < -0.3 is 9.30 Å². The van der Waals surface area contributed by atoms with Gasteiger partial charge in [0.05, 0.1) is 12.7 Å². The molecule has 3 rings (SSSR count). The summed E-state index contributed by atoms with van der Waals surface area (Å²) in [4.78, 5) is 34.9. The Balaban J connectivity index is 1.86. The molecule has 0 spiro atoms. The van der Waals surface area contributed by atoms with Crippen molar-refractivity contribution in [2.75, 3.05) is 7.11 Å². The number of hydrogen-bond donors (Lipinski definition) is 0. The smallest absolute Gasteiger partial charge is 0.337 e. The van der Waals surface area contributed by atoms with Crippen molar-refractivity contribution >= 4 is 17.6 Å². The van der Waals surface area contributed by atoms with Gasteiger partial charge in [0, 0.05) is 12.2 Å². The maximum Gasteiger partial charge on any atom is 0.337 e. The Morgan fingerprint density at radius 1 is 1.31 bits per heavy atom. The van der Waals surface area contributed by atoms with Crippen LogP contribution < -0.4 is 5.56 Å². The zero-order valence-corrected chi connectivity index (χ0v) is 15.2. The second-order valence-electron chi connectivity index (χ2n) is 6.35. The number of nitroso groups, excluding NO2 is 1. The van der Waals surface area contributed by atoms with Gasteiger partial charge in [0.25, 0.3) is 5.56 Å². The number of aryl methyl sites for hydroxylation is 1. The fourth-order valence-corrected chi connectivity index (χ4v) is 3.30. The highest BCUT2D eigenvalue weighted by Gasteiger charge is 2.28. The Labute approximate surface area is 155 Å². The molecule has 0 unspecified atom stereocenters. The van der Waals surface area contributed by atoms with Crippen molar-refractivity contribution in [2.45, 2.75) is 38.3 Å². The van der Waals surface area contributed by atoms with Crippen LogP contribution in [0.4, 0.5) is 0 Å². The van der Waals surface area contributed by atoms with Gasteiger partial charge in [-0.2, -0.15) is 4.91 Å². The minimum atomic E-state index is -0.393. The van der Waals surface area contributed by atoms with E-state index in [9.17, 15) is 14.5 Å². The standard InChI is InChI=1S/C19H19ClN2O4/c1-26-19(24)14-4-2-12(3-5-14)8-9-22-17(11-21-25)15(13-6-7-13)10-16(20)18(22)23/h2-5,10,13H,6-9,11H2,1H3. The molecule has 1 saturated carbocycles. The van der Waals surface area contributed by atoms with Crippen LogP contribution in [0.1, 0.15) is 45.9 Å². The molecule has 0 radical (unpaired) electrons. The predicted octanol–water partition coefficient (Wildman–Crippen LogP) is 3.67. The molecule has 0 amide bonds. The number of aromatic nitrogens is 1. The average Bonchev–Trinajstić information content (AvgIpc) is 3.49. The van der Waals surface area contributed by atoms with E-state index in [1.807, 2.05) is 12.1 Å². The summed E-state index contributed by atoms with van der Waals surface area (Å²) in [5.41, 5.74) is 2.74. The van der Waals surface area contributed by atoms with Crippen LogP contribution in [0.3, 0.4) is 0 Å². The first-order chi connectivity index (χ1) is 12.5. The van der Waals surface area contributed by atoms with Crippen molar-refractivity contribution in [1.29, 1.82) is 0 Å². The zero-order chi connectivity index (χ0) is 18.7. The van der Waals surface area contributed by atoms with Crippen LogP contribution in [0.5, 0.6) is 0 Å². The Morgan fingerprint density at radius 3 is 2.58 bits per heavy atom. The molecule has 0 saturated heterocycles. The number of rotatable bonds is 7. The summed E-state index contributed by atoms with van der Waals surface area (Å²) in [6.07, 6.45) is 2.64. The van der Waals surface area contributed by atoms with Gasteiger partial charge in [-0.1, -0.05) is 28.9 Å². The van der Waals surface area contributed by atoms with E-state index in [0.29, 0.717) is 30.1 Å². The van der Waals surface area contributed by atoms with Gasteiger partial charge in [0.1, 0.15) is 11.6 Å². The van der Waals surface area contributed by atoms with E-state index >= 15 is 0 Å². The maximum atomic E-state index is 12.5. The zero-order valence-electron chi connectivity index (χ0n) is 14.4. The lowest BCUT2D eigenvalue weighted by Crippen LogP contribution is -2.26. The minimum Gasteiger partial charge on any atom is -0.465 e. The van der Waals surface area contributed by atoms with Crippen LogP contribution in [0.2, 0.25) is 5.02 Å². The third-order valence-corrected chi connectivity index (χ3v) is 4.89. The van der Waals surface area contributed by atoms with E-state index in [-0.39, 0.29) is 17.1 Å². The summed E-state index contributed by atoms with van der Waals surface area (Å²) in [5, 5.41) is 3.17. The third-order valence-electron chi connectivity index (χ3n) is 4.62. The second kappa shape index (κ2) is 7.83. The Hall–Kier alpha value is -2.47. The number of hydrogen-bond acceptors (Lipinski definition) is 5. The van der Waals surface area contributed by atoms with Gasteiger partial charge in [-0.15, -0.1) is 0 Å². The molecule has 1 aromatic carbocycles. The fraction of sp³-hybridized carbons (Fsp3) is 0.368. The highest BCUT2D eigenvalue weighted by atomic mass is 35.5. The monoisotopic (exact) mass is 374 g/mol. The number of ether oxygens (including phenoxy) is 1. The summed E-state index contributed by atoms with van der Waals surface area (Å²) >= 11 is 6.12. The number of nitrogens with zero attached hydrogens (tertiary/aromatic N) is 2. The lowest BCUT2D eigenvalue weighted by molar-refractivity contribution is 0.0600. The minimum absolute atomic E-state index is 0.0421. The summed E-state index contributed by atoms with van der Waals surface area (Å²) < 4.78 is 6.24. The molecule has 0 aliphatic heterocycles. The number of benzene rings is 1. The topological polar surface area (TPSA) is 77.7 Å². The first-order valence-electron chi connectivity index (χ1n) is 8.43. The quantitative estimate of drug-likeness (QED) is 0.547. The summed E-state index contributed by atoms with van der Waals surface area (Å²) in [5.74, 6) is -0.0357. The molecule has 1 fully saturated rings. The van der Waals surface area contributed by atoms with Gasteiger partial charge in [0.15, 0.2) is 0 Å². The van der Waals surface area contributed by atoms with Crippen molar-refractivity contribution in [1.82, 2.24) is 4.57 Å². The van der Waals surface area contributed by atoms with Crippen molar-refractivity contribution in [3.63, 3.8) is 0 Å². The van der Waals surface area contributed by atoms with Crippen LogP contribution in [0.25, 0.3) is 0 Å². The molecule has 7 heteroatoms. The highest BCUT2D eigenvalue weighted by molar-refractivity contribution is 6.30.